The van der Waals surface area contributed by atoms with E-state index in [2.05, 4.69) is 49.7 Å². The lowest BCUT2D eigenvalue weighted by Gasteiger charge is -2.43. The molecule has 1 saturated heterocycles. The van der Waals surface area contributed by atoms with Crippen molar-refractivity contribution < 1.29 is 0 Å². The van der Waals surface area contributed by atoms with Crippen molar-refractivity contribution in [3.05, 3.63) is 0 Å². The van der Waals surface area contributed by atoms with E-state index in [1.54, 1.807) is 0 Å². The molecule has 1 aliphatic heterocycles. The fourth-order valence-corrected chi connectivity index (χ4v) is 2.88. The van der Waals surface area contributed by atoms with Gasteiger partial charge < -0.3 is 5.32 Å². The zero-order valence-corrected chi connectivity index (χ0v) is 11.5. The van der Waals surface area contributed by atoms with Gasteiger partial charge in [-0.1, -0.05) is 13.8 Å². The lowest BCUT2D eigenvalue weighted by atomic mass is 9.95. The van der Waals surface area contributed by atoms with Crippen LogP contribution in [0.2, 0.25) is 0 Å². The molecule has 1 rings (SSSR count). The summed E-state index contributed by atoms with van der Waals surface area (Å²) in [5, 5.41) is 3.64. The predicted octanol–water partition coefficient (Wildman–Crippen LogP) is 2.20. The maximum absolute atomic E-state index is 3.64. The van der Waals surface area contributed by atoms with E-state index >= 15 is 0 Å². The summed E-state index contributed by atoms with van der Waals surface area (Å²) in [6, 6.07) is 0.725. The van der Waals surface area contributed by atoms with Gasteiger partial charge in [0.15, 0.2) is 0 Å². The van der Waals surface area contributed by atoms with E-state index < -0.39 is 0 Å². The van der Waals surface area contributed by atoms with Crippen molar-refractivity contribution in [2.45, 2.75) is 45.7 Å². The van der Waals surface area contributed by atoms with Gasteiger partial charge in [-0.25, -0.2) is 0 Å². The van der Waals surface area contributed by atoms with Crippen molar-refractivity contribution in [1.82, 2.24) is 10.2 Å². The Hall–Kier alpha value is 0.270. The molecule has 2 atom stereocenters. The second-order valence-electron chi connectivity index (χ2n) is 4.82. The van der Waals surface area contributed by atoms with Gasteiger partial charge in [0.05, 0.1) is 0 Å². The van der Waals surface area contributed by atoms with Gasteiger partial charge in [0.1, 0.15) is 0 Å². The molecule has 0 amide bonds. The minimum Gasteiger partial charge on any atom is -0.309 e. The number of thioether (sulfide) groups is 1. The third-order valence-corrected chi connectivity index (χ3v) is 4.60. The van der Waals surface area contributed by atoms with Gasteiger partial charge in [-0.05, 0) is 26.0 Å². The minimum atomic E-state index is 0.337. The monoisotopic (exact) mass is 230 g/mol. The molecule has 0 radical (unpaired) electrons. The molecule has 1 N–H and O–H groups in total. The molecule has 0 aromatic heterocycles. The first kappa shape index (κ1) is 13.3. The van der Waals surface area contributed by atoms with Gasteiger partial charge in [0.2, 0.25) is 0 Å². The molecule has 0 aromatic rings. The number of nitrogens with one attached hydrogen (secondary N) is 1. The van der Waals surface area contributed by atoms with Crippen LogP contribution in [0.15, 0.2) is 0 Å². The van der Waals surface area contributed by atoms with Crippen LogP contribution < -0.4 is 5.32 Å². The largest absolute Gasteiger partial charge is 0.309 e. The number of hydrogen-bond acceptors (Lipinski definition) is 3. The molecule has 0 bridgehead atoms. The second kappa shape index (κ2) is 6.12. The average Bonchev–Trinajstić information content (AvgIpc) is 2.26. The molecule has 1 fully saturated rings. The lowest BCUT2D eigenvalue weighted by Crippen LogP contribution is -2.60. The Morgan fingerprint density at radius 1 is 1.47 bits per heavy atom. The first-order valence-electron chi connectivity index (χ1n) is 6.18. The second-order valence-corrected chi connectivity index (χ2v) is 6.14. The summed E-state index contributed by atoms with van der Waals surface area (Å²) in [6.07, 6.45) is 1.22. The molecule has 1 aliphatic rings. The van der Waals surface area contributed by atoms with Gasteiger partial charge in [-0.3, -0.25) is 4.90 Å². The van der Waals surface area contributed by atoms with E-state index in [9.17, 15) is 0 Å². The Morgan fingerprint density at radius 2 is 2.20 bits per heavy atom. The van der Waals surface area contributed by atoms with Crippen LogP contribution in [0, 0.1) is 0 Å². The fraction of sp³-hybridized carbons (Fsp3) is 1.00. The smallest absolute Gasteiger partial charge is 0.0278 e. The fourth-order valence-electron chi connectivity index (χ4n) is 2.09. The summed E-state index contributed by atoms with van der Waals surface area (Å²) in [4.78, 5) is 2.64. The standard InChI is InChI=1S/C12H26N2S/c1-5-12(4)10-14(8-7-13-12)11(3)9-15-6-2/h11,13H,5-10H2,1-4H3. The van der Waals surface area contributed by atoms with Gasteiger partial charge in [0.25, 0.3) is 0 Å². The number of hydrogen-bond donors (Lipinski definition) is 1. The highest BCUT2D eigenvalue weighted by Crippen LogP contribution is 2.18. The molecule has 2 unspecified atom stereocenters. The molecule has 0 aromatic carbocycles. The third-order valence-electron chi connectivity index (χ3n) is 3.47. The van der Waals surface area contributed by atoms with E-state index in [4.69, 9.17) is 0 Å². The lowest BCUT2D eigenvalue weighted by molar-refractivity contribution is 0.113. The molecule has 0 spiro atoms. The molecule has 2 nitrogen and oxygen atoms in total. The van der Waals surface area contributed by atoms with E-state index in [1.807, 2.05) is 0 Å². The Bertz CT molecular complexity index is 186. The number of nitrogens with zero attached hydrogens (tertiary/aromatic N) is 1. The SMILES string of the molecule is CCSCC(C)N1CCNC(C)(CC)C1. The quantitative estimate of drug-likeness (QED) is 0.779. The number of piperazine rings is 1. The number of rotatable bonds is 5. The summed E-state index contributed by atoms with van der Waals surface area (Å²) in [5.74, 6) is 2.51. The average molecular weight is 230 g/mol. The van der Waals surface area contributed by atoms with Crippen LogP contribution in [0.1, 0.15) is 34.1 Å². The van der Waals surface area contributed by atoms with Gasteiger partial charge >= 0.3 is 0 Å². The van der Waals surface area contributed by atoms with Gasteiger partial charge in [-0.15, -0.1) is 0 Å². The van der Waals surface area contributed by atoms with Crippen molar-refractivity contribution in [1.29, 1.82) is 0 Å². The van der Waals surface area contributed by atoms with Crippen LogP contribution in [0.5, 0.6) is 0 Å². The van der Waals surface area contributed by atoms with E-state index in [-0.39, 0.29) is 0 Å². The van der Waals surface area contributed by atoms with Crippen molar-refractivity contribution in [3.8, 4) is 0 Å². The van der Waals surface area contributed by atoms with Gasteiger partial charge in [0, 0.05) is 37.0 Å². The highest BCUT2D eigenvalue weighted by Gasteiger charge is 2.30. The zero-order valence-electron chi connectivity index (χ0n) is 10.7. The predicted molar refractivity (Wildman–Crippen MR) is 70.7 cm³/mol. The summed E-state index contributed by atoms with van der Waals surface area (Å²) >= 11 is 2.06. The van der Waals surface area contributed by atoms with Crippen molar-refractivity contribution in [2.75, 3.05) is 31.1 Å². The normalized spacial score (nSPS) is 30.4. The Labute approximate surface area is 99.2 Å². The Kier molecular flexibility index (Phi) is 5.44. The first-order valence-corrected chi connectivity index (χ1v) is 7.33. The Morgan fingerprint density at radius 3 is 2.80 bits per heavy atom. The highest BCUT2D eigenvalue weighted by atomic mass is 32.2. The topological polar surface area (TPSA) is 15.3 Å². The Balaban J connectivity index is 2.41. The molecular formula is C12H26N2S. The maximum Gasteiger partial charge on any atom is 0.0278 e. The molecule has 0 saturated carbocycles. The van der Waals surface area contributed by atoms with Crippen molar-refractivity contribution in [2.24, 2.45) is 0 Å². The van der Waals surface area contributed by atoms with Crippen LogP contribution in [0.25, 0.3) is 0 Å². The zero-order chi connectivity index (χ0) is 11.3. The third kappa shape index (κ3) is 3.97. The summed E-state index contributed by atoms with van der Waals surface area (Å²) in [5.41, 5.74) is 0.337. The summed E-state index contributed by atoms with van der Waals surface area (Å²) in [7, 11) is 0. The van der Waals surface area contributed by atoms with E-state index in [0.717, 1.165) is 12.6 Å². The highest BCUT2D eigenvalue weighted by molar-refractivity contribution is 7.99. The van der Waals surface area contributed by atoms with Crippen LogP contribution in [0.4, 0.5) is 0 Å². The molecule has 15 heavy (non-hydrogen) atoms. The van der Waals surface area contributed by atoms with Crippen molar-refractivity contribution >= 4 is 11.8 Å². The van der Waals surface area contributed by atoms with Crippen LogP contribution >= 0.6 is 11.8 Å². The minimum absolute atomic E-state index is 0.337. The first-order chi connectivity index (χ1) is 7.11. The molecule has 3 heteroatoms. The molecule has 1 heterocycles. The summed E-state index contributed by atoms with van der Waals surface area (Å²) in [6.45, 7) is 12.8. The van der Waals surface area contributed by atoms with Crippen LogP contribution in [0.3, 0.4) is 0 Å². The molecule has 90 valence electrons. The van der Waals surface area contributed by atoms with Crippen molar-refractivity contribution in [3.63, 3.8) is 0 Å². The van der Waals surface area contributed by atoms with Gasteiger partial charge in [-0.2, -0.15) is 11.8 Å². The molecular weight excluding hydrogens is 204 g/mol. The van der Waals surface area contributed by atoms with Crippen LogP contribution in [-0.2, 0) is 0 Å². The van der Waals surface area contributed by atoms with Crippen LogP contribution in [-0.4, -0.2) is 47.6 Å². The molecule has 0 aliphatic carbocycles. The van der Waals surface area contributed by atoms with E-state index in [1.165, 1.54) is 31.0 Å². The maximum atomic E-state index is 3.64. The van der Waals surface area contributed by atoms with E-state index in [0.29, 0.717) is 5.54 Å². The summed E-state index contributed by atoms with van der Waals surface area (Å²) < 4.78 is 0.